The molecule has 1 rings (SSSR count). The fourth-order valence-electron chi connectivity index (χ4n) is 1.24. The zero-order valence-electron chi connectivity index (χ0n) is 8.67. The lowest BCUT2D eigenvalue weighted by atomic mass is 10.1. The Morgan fingerprint density at radius 3 is 2.80 bits per heavy atom. The molecule has 0 atom stereocenters. The maximum atomic E-state index is 13.3. The maximum Gasteiger partial charge on any atom is 0.165 e. The molecular formula is C12H14ClFO. The molecule has 0 unspecified atom stereocenters. The van der Waals surface area contributed by atoms with E-state index in [2.05, 4.69) is 0 Å². The molecule has 0 N–H and O–H groups in total. The smallest absolute Gasteiger partial charge is 0.165 e. The Morgan fingerprint density at radius 1 is 1.40 bits per heavy atom. The van der Waals surface area contributed by atoms with Gasteiger partial charge in [-0.25, -0.2) is 4.39 Å². The van der Waals surface area contributed by atoms with Crippen LogP contribution in [-0.2, 0) is 6.42 Å². The number of benzene rings is 1. The zero-order valence-corrected chi connectivity index (χ0v) is 9.43. The number of halogens is 2. The van der Waals surface area contributed by atoms with Gasteiger partial charge in [-0.3, -0.25) is 0 Å². The minimum atomic E-state index is -0.319. The summed E-state index contributed by atoms with van der Waals surface area (Å²) in [5, 5.41) is 0. The molecule has 3 heteroatoms. The average molecular weight is 229 g/mol. The van der Waals surface area contributed by atoms with E-state index in [4.69, 9.17) is 16.3 Å². The van der Waals surface area contributed by atoms with E-state index < -0.39 is 0 Å². The number of hydrogen-bond donors (Lipinski definition) is 0. The third-order valence-corrected chi connectivity index (χ3v) is 2.23. The SMILES string of the molecule is COc1ccc(CC=CCCCl)cc1F. The van der Waals surface area contributed by atoms with E-state index in [1.807, 2.05) is 18.2 Å². The molecule has 0 saturated heterocycles. The minimum Gasteiger partial charge on any atom is -0.494 e. The Balaban J connectivity index is 2.59. The molecule has 0 spiro atoms. The van der Waals surface area contributed by atoms with Crippen molar-refractivity contribution in [2.75, 3.05) is 13.0 Å². The van der Waals surface area contributed by atoms with Crippen LogP contribution in [0.15, 0.2) is 30.4 Å². The van der Waals surface area contributed by atoms with Crippen molar-refractivity contribution < 1.29 is 9.13 Å². The van der Waals surface area contributed by atoms with Crippen molar-refractivity contribution in [3.05, 3.63) is 41.7 Å². The summed E-state index contributed by atoms with van der Waals surface area (Å²) in [5.74, 6) is 0.581. The first-order chi connectivity index (χ1) is 7.27. The van der Waals surface area contributed by atoms with Gasteiger partial charge < -0.3 is 4.74 Å². The molecule has 0 heterocycles. The highest BCUT2D eigenvalue weighted by Crippen LogP contribution is 2.18. The van der Waals surface area contributed by atoms with Gasteiger partial charge in [0, 0.05) is 5.88 Å². The second kappa shape index (κ2) is 6.46. The monoisotopic (exact) mass is 228 g/mol. The minimum absolute atomic E-state index is 0.281. The zero-order chi connectivity index (χ0) is 11.1. The molecule has 82 valence electrons. The van der Waals surface area contributed by atoms with Crippen LogP contribution in [0.3, 0.4) is 0 Å². The fourth-order valence-corrected chi connectivity index (χ4v) is 1.36. The Morgan fingerprint density at radius 2 is 2.20 bits per heavy atom. The van der Waals surface area contributed by atoms with E-state index in [0.29, 0.717) is 5.88 Å². The Bertz CT molecular complexity index is 336. The van der Waals surface area contributed by atoms with Crippen LogP contribution in [0.2, 0.25) is 0 Å². The molecule has 1 nitrogen and oxygen atoms in total. The predicted octanol–water partition coefficient (Wildman–Crippen LogP) is 3.56. The molecule has 0 amide bonds. The van der Waals surface area contributed by atoms with Gasteiger partial charge in [0.1, 0.15) is 0 Å². The predicted molar refractivity (Wildman–Crippen MR) is 61.1 cm³/mol. The number of alkyl halides is 1. The van der Waals surface area contributed by atoms with E-state index in [0.717, 1.165) is 18.4 Å². The molecule has 1 aromatic rings. The van der Waals surface area contributed by atoms with Crippen LogP contribution in [-0.4, -0.2) is 13.0 Å². The lowest BCUT2D eigenvalue weighted by Crippen LogP contribution is -1.90. The van der Waals surface area contributed by atoms with Crippen LogP contribution in [0.5, 0.6) is 5.75 Å². The number of ether oxygens (including phenoxy) is 1. The largest absolute Gasteiger partial charge is 0.494 e. The van der Waals surface area contributed by atoms with Crippen molar-refractivity contribution in [1.29, 1.82) is 0 Å². The highest BCUT2D eigenvalue weighted by atomic mass is 35.5. The van der Waals surface area contributed by atoms with Crippen LogP contribution < -0.4 is 4.74 Å². The molecule has 15 heavy (non-hydrogen) atoms. The van der Waals surface area contributed by atoms with Gasteiger partial charge in [-0.1, -0.05) is 18.2 Å². The molecular weight excluding hydrogens is 215 g/mol. The molecule has 0 fully saturated rings. The Kier molecular flexibility index (Phi) is 5.19. The van der Waals surface area contributed by atoms with E-state index in [1.165, 1.54) is 13.2 Å². The van der Waals surface area contributed by atoms with E-state index in [-0.39, 0.29) is 11.6 Å². The summed E-state index contributed by atoms with van der Waals surface area (Å²) in [6.07, 6.45) is 5.55. The van der Waals surface area contributed by atoms with Crippen molar-refractivity contribution in [2.45, 2.75) is 12.8 Å². The molecule has 0 aliphatic heterocycles. The van der Waals surface area contributed by atoms with Crippen LogP contribution >= 0.6 is 11.6 Å². The van der Waals surface area contributed by atoms with Crippen LogP contribution in [0.1, 0.15) is 12.0 Å². The molecule has 0 radical (unpaired) electrons. The summed E-state index contributed by atoms with van der Waals surface area (Å²) in [6.45, 7) is 0. The van der Waals surface area contributed by atoms with Crippen LogP contribution in [0.4, 0.5) is 4.39 Å². The van der Waals surface area contributed by atoms with Crippen LogP contribution in [0.25, 0.3) is 0 Å². The Labute approximate surface area is 94.5 Å². The summed E-state index contributed by atoms with van der Waals surface area (Å²) in [5.41, 5.74) is 0.930. The van der Waals surface area contributed by atoms with Crippen molar-refractivity contribution >= 4 is 11.6 Å². The van der Waals surface area contributed by atoms with Crippen LogP contribution in [0, 0.1) is 5.82 Å². The van der Waals surface area contributed by atoms with E-state index in [9.17, 15) is 4.39 Å². The van der Waals surface area contributed by atoms with Gasteiger partial charge in [-0.05, 0) is 30.5 Å². The summed E-state index contributed by atoms with van der Waals surface area (Å²) in [7, 11) is 1.46. The number of rotatable bonds is 5. The summed E-state index contributed by atoms with van der Waals surface area (Å²) in [4.78, 5) is 0. The van der Waals surface area contributed by atoms with E-state index >= 15 is 0 Å². The molecule has 0 aliphatic rings. The van der Waals surface area contributed by atoms with Gasteiger partial charge in [0.05, 0.1) is 7.11 Å². The number of methoxy groups -OCH3 is 1. The first-order valence-electron chi connectivity index (χ1n) is 4.81. The summed E-state index contributed by atoms with van der Waals surface area (Å²) < 4.78 is 18.1. The second-order valence-electron chi connectivity index (χ2n) is 3.12. The van der Waals surface area contributed by atoms with Gasteiger partial charge in [-0.15, -0.1) is 11.6 Å². The van der Waals surface area contributed by atoms with Gasteiger partial charge >= 0.3 is 0 Å². The fraction of sp³-hybridized carbons (Fsp3) is 0.333. The highest BCUT2D eigenvalue weighted by Gasteiger charge is 2.01. The van der Waals surface area contributed by atoms with Gasteiger partial charge in [0.25, 0.3) is 0 Å². The average Bonchev–Trinajstić information content (AvgIpc) is 2.25. The third-order valence-electron chi connectivity index (χ3n) is 2.01. The quantitative estimate of drug-likeness (QED) is 0.553. The lowest BCUT2D eigenvalue weighted by molar-refractivity contribution is 0.386. The number of allylic oxidation sites excluding steroid dienone is 2. The summed E-state index contributed by atoms with van der Waals surface area (Å²) in [6, 6.07) is 4.98. The standard InChI is InChI=1S/C12H14ClFO/c1-15-12-7-6-10(9-11(12)14)5-3-2-4-8-13/h2-3,6-7,9H,4-5,8H2,1H3. The summed E-state index contributed by atoms with van der Waals surface area (Å²) >= 11 is 5.52. The Hall–Kier alpha value is -1.02. The van der Waals surface area contributed by atoms with Crippen molar-refractivity contribution in [3.63, 3.8) is 0 Å². The molecule has 0 aromatic heterocycles. The van der Waals surface area contributed by atoms with Crippen molar-refractivity contribution in [1.82, 2.24) is 0 Å². The normalized spacial score (nSPS) is 10.9. The van der Waals surface area contributed by atoms with Gasteiger partial charge in [-0.2, -0.15) is 0 Å². The molecule has 0 saturated carbocycles. The van der Waals surface area contributed by atoms with Gasteiger partial charge in [0.2, 0.25) is 0 Å². The van der Waals surface area contributed by atoms with Crippen molar-refractivity contribution in [3.8, 4) is 5.75 Å². The first kappa shape index (κ1) is 12.1. The topological polar surface area (TPSA) is 9.23 Å². The number of hydrogen-bond acceptors (Lipinski definition) is 1. The third kappa shape index (κ3) is 3.92. The van der Waals surface area contributed by atoms with E-state index in [1.54, 1.807) is 6.07 Å². The van der Waals surface area contributed by atoms with Crippen molar-refractivity contribution in [2.24, 2.45) is 0 Å². The van der Waals surface area contributed by atoms with Gasteiger partial charge in [0.15, 0.2) is 11.6 Å². The second-order valence-corrected chi connectivity index (χ2v) is 3.50. The maximum absolute atomic E-state index is 13.3. The highest BCUT2D eigenvalue weighted by molar-refractivity contribution is 6.17. The first-order valence-corrected chi connectivity index (χ1v) is 5.34. The lowest BCUT2D eigenvalue weighted by Gasteiger charge is -2.02. The molecule has 0 bridgehead atoms. The molecule has 1 aromatic carbocycles. The molecule has 0 aliphatic carbocycles.